The second-order valence-corrected chi connectivity index (χ2v) is 8.53. The number of aliphatic imine (C=N–C) groups is 1. The van der Waals surface area contributed by atoms with Crippen LogP contribution in [0.3, 0.4) is 0 Å². The summed E-state index contributed by atoms with van der Waals surface area (Å²) in [5.74, 6) is 2.74. The second kappa shape index (κ2) is 12.0. The lowest BCUT2D eigenvalue weighted by molar-refractivity contribution is 0.294. The Morgan fingerprint density at radius 1 is 1.00 bits per heavy atom. The Kier molecular flexibility index (Phi) is 8.30. The van der Waals surface area contributed by atoms with E-state index in [-0.39, 0.29) is 0 Å². The molecular weight excluding hydrogens is 460 g/mol. The van der Waals surface area contributed by atoms with Crippen molar-refractivity contribution >= 4 is 39.3 Å². The van der Waals surface area contributed by atoms with Gasteiger partial charge < -0.3 is 14.2 Å². The first-order valence-electron chi connectivity index (χ1n) is 11.5. The fourth-order valence-corrected chi connectivity index (χ4v) is 4.18. The molecule has 0 fully saturated rings. The molecule has 3 aromatic carbocycles. The highest BCUT2D eigenvalue weighted by atomic mass is 32.1. The molecular formula is C27H28N4O3S. The summed E-state index contributed by atoms with van der Waals surface area (Å²) in [5.41, 5.74) is 5.64. The van der Waals surface area contributed by atoms with Crippen LogP contribution in [-0.2, 0) is 0 Å². The topological polar surface area (TPSA) is 77.3 Å². The van der Waals surface area contributed by atoms with Crippen molar-refractivity contribution in [3.63, 3.8) is 0 Å². The summed E-state index contributed by atoms with van der Waals surface area (Å²) in [5, 5.41) is 5.19. The monoisotopic (exact) mass is 488 g/mol. The average Bonchev–Trinajstić information content (AvgIpc) is 3.32. The third-order valence-electron chi connectivity index (χ3n) is 4.92. The number of methoxy groups -OCH3 is 1. The number of thiazole rings is 1. The molecule has 4 rings (SSSR count). The molecule has 1 heterocycles. The predicted molar refractivity (Wildman–Crippen MR) is 143 cm³/mol. The van der Waals surface area contributed by atoms with E-state index in [2.05, 4.69) is 17.5 Å². The molecule has 0 amide bonds. The number of hydrogen-bond donors (Lipinski definition) is 1. The molecule has 7 nitrogen and oxygen atoms in total. The van der Waals surface area contributed by atoms with E-state index in [9.17, 15) is 0 Å². The quantitative estimate of drug-likeness (QED) is 0.163. The highest BCUT2D eigenvalue weighted by Crippen LogP contribution is 2.28. The van der Waals surface area contributed by atoms with Crippen molar-refractivity contribution in [1.82, 2.24) is 10.4 Å². The molecule has 0 aliphatic heterocycles. The maximum Gasteiger partial charge on any atom is 0.183 e. The standard InChI is InChI=1S/C27H28N4O3S/c1-4-16-34-23-15-10-19(17-24(23)32-3)18-28-31-26(27-30-22-8-6-7-9-25(22)35-27)29-20-11-13-21(14-12-20)33-5-2/h6-15,17-18H,4-5,16H2,1-3H3,(H,29,31). The number of hydrazone groups is 1. The van der Waals surface area contributed by atoms with E-state index in [4.69, 9.17) is 24.2 Å². The van der Waals surface area contributed by atoms with Crippen molar-refractivity contribution in [2.45, 2.75) is 20.3 Å². The number of benzene rings is 3. The summed E-state index contributed by atoms with van der Waals surface area (Å²) >= 11 is 1.56. The van der Waals surface area contributed by atoms with Crippen molar-refractivity contribution in [1.29, 1.82) is 0 Å². The van der Waals surface area contributed by atoms with Gasteiger partial charge in [-0.1, -0.05) is 19.1 Å². The van der Waals surface area contributed by atoms with Gasteiger partial charge >= 0.3 is 0 Å². The number of rotatable bonds is 10. The molecule has 0 spiro atoms. The number of hydrogen-bond acceptors (Lipinski definition) is 7. The highest BCUT2D eigenvalue weighted by molar-refractivity contribution is 7.20. The zero-order chi connectivity index (χ0) is 24.5. The number of ether oxygens (including phenoxy) is 3. The SMILES string of the molecule is CCCOc1ccc(C=NNC(=Nc2ccc(OCC)cc2)c2nc3ccccc3s2)cc1OC. The van der Waals surface area contributed by atoms with Crippen molar-refractivity contribution in [3.8, 4) is 17.2 Å². The normalized spacial score (nSPS) is 11.7. The molecule has 0 aliphatic carbocycles. The van der Waals surface area contributed by atoms with Gasteiger partial charge in [0.2, 0.25) is 0 Å². The van der Waals surface area contributed by atoms with Crippen LogP contribution < -0.4 is 19.6 Å². The van der Waals surface area contributed by atoms with E-state index < -0.39 is 0 Å². The minimum absolute atomic E-state index is 0.557. The van der Waals surface area contributed by atoms with Gasteiger partial charge in [0.25, 0.3) is 0 Å². The fraction of sp³-hybridized carbons (Fsp3) is 0.222. The lowest BCUT2D eigenvalue weighted by Crippen LogP contribution is -2.18. The number of nitrogens with zero attached hydrogens (tertiary/aromatic N) is 3. The molecule has 8 heteroatoms. The van der Waals surface area contributed by atoms with Crippen LogP contribution in [0.4, 0.5) is 5.69 Å². The van der Waals surface area contributed by atoms with Crippen LogP contribution in [0.15, 0.2) is 76.8 Å². The first kappa shape index (κ1) is 24.2. The van der Waals surface area contributed by atoms with E-state index in [1.54, 1.807) is 24.7 Å². The Morgan fingerprint density at radius 3 is 2.57 bits per heavy atom. The summed E-state index contributed by atoms with van der Waals surface area (Å²) in [6.45, 7) is 5.28. The Bertz CT molecular complexity index is 1280. The van der Waals surface area contributed by atoms with Crippen molar-refractivity contribution in [2.75, 3.05) is 20.3 Å². The Hall–Kier alpha value is -3.91. The summed E-state index contributed by atoms with van der Waals surface area (Å²) in [7, 11) is 1.63. The van der Waals surface area contributed by atoms with Crippen LogP contribution in [0.25, 0.3) is 10.2 Å². The predicted octanol–water partition coefficient (Wildman–Crippen LogP) is 6.19. The van der Waals surface area contributed by atoms with Gasteiger partial charge in [0.05, 0.1) is 42.4 Å². The lowest BCUT2D eigenvalue weighted by Gasteiger charge is -2.10. The summed E-state index contributed by atoms with van der Waals surface area (Å²) < 4.78 is 17.8. The maximum atomic E-state index is 5.73. The summed E-state index contributed by atoms with van der Waals surface area (Å²) in [4.78, 5) is 9.52. The van der Waals surface area contributed by atoms with Gasteiger partial charge in [0.1, 0.15) is 5.75 Å². The molecule has 0 bridgehead atoms. The summed E-state index contributed by atoms with van der Waals surface area (Å²) in [6, 6.07) is 21.3. The highest BCUT2D eigenvalue weighted by Gasteiger charge is 2.11. The Labute approximate surface area is 209 Å². The largest absolute Gasteiger partial charge is 0.494 e. The molecule has 1 N–H and O–H groups in total. The number of nitrogens with one attached hydrogen (secondary N) is 1. The molecule has 0 saturated carbocycles. The minimum Gasteiger partial charge on any atom is -0.494 e. The lowest BCUT2D eigenvalue weighted by atomic mass is 10.2. The van der Waals surface area contributed by atoms with Crippen LogP contribution in [0.5, 0.6) is 17.2 Å². The van der Waals surface area contributed by atoms with Gasteiger partial charge in [-0.25, -0.2) is 9.98 Å². The van der Waals surface area contributed by atoms with Gasteiger partial charge in [-0.2, -0.15) is 5.10 Å². The van der Waals surface area contributed by atoms with Gasteiger partial charge in [0.15, 0.2) is 22.3 Å². The van der Waals surface area contributed by atoms with E-state index in [0.29, 0.717) is 30.5 Å². The van der Waals surface area contributed by atoms with Gasteiger partial charge in [-0.3, -0.25) is 5.43 Å². The van der Waals surface area contributed by atoms with E-state index in [0.717, 1.165) is 38.6 Å². The zero-order valence-electron chi connectivity index (χ0n) is 20.0. The first-order valence-corrected chi connectivity index (χ1v) is 12.3. The van der Waals surface area contributed by atoms with E-state index >= 15 is 0 Å². The van der Waals surface area contributed by atoms with Crippen molar-refractivity contribution in [2.24, 2.45) is 10.1 Å². The van der Waals surface area contributed by atoms with Gasteiger partial charge in [0, 0.05) is 0 Å². The maximum absolute atomic E-state index is 5.73. The van der Waals surface area contributed by atoms with Crippen LogP contribution >= 0.6 is 11.3 Å². The smallest absolute Gasteiger partial charge is 0.183 e. The fourth-order valence-electron chi connectivity index (χ4n) is 3.27. The van der Waals surface area contributed by atoms with Crippen LogP contribution in [0.2, 0.25) is 0 Å². The molecule has 0 atom stereocenters. The molecule has 1 aromatic heterocycles. The molecule has 0 saturated heterocycles. The van der Waals surface area contributed by atoms with E-state index in [1.165, 1.54) is 0 Å². The number of fused-ring (bicyclic) bond motifs is 1. The van der Waals surface area contributed by atoms with Gasteiger partial charge in [-0.15, -0.1) is 11.3 Å². The number of amidine groups is 1. The van der Waals surface area contributed by atoms with Crippen LogP contribution in [0, 0.1) is 0 Å². The van der Waals surface area contributed by atoms with Crippen molar-refractivity contribution < 1.29 is 14.2 Å². The molecule has 0 radical (unpaired) electrons. The first-order chi connectivity index (χ1) is 17.2. The van der Waals surface area contributed by atoms with Crippen LogP contribution in [-0.4, -0.2) is 37.4 Å². The number of para-hydroxylation sites is 1. The molecule has 0 aliphatic rings. The van der Waals surface area contributed by atoms with Gasteiger partial charge in [-0.05, 0) is 73.5 Å². The van der Waals surface area contributed by atoms with Crippen LogP contribution in [0.1, 0.15) is 30.8 Å². The molecule has 180 valence electrons. The van der Waals surface area contributed by atoms with E-state index in [1.807, 2.05) is 73.7 Å². The number of aromatic nitrogens is 1. The molecule has 4 aromatic rings. The second-order valence-electron chi connectivity index (χ2n) is 7.50. The molecule has 35 heavy (non-hydrogen) atoms. The Morgan fingerprint density at radius 2 is 1.83 bits per heavy atom. The Balaban J connectivity index is 1.59. The minimum atomic E-state index is 0.557. The zero-order valence-corrected chi connectivity index (χ0v) is 20.8. The third kappa shape index (κ3) is 6.36. The average molecular weight is 489 g/mol. The third-order valence-corrected chi connectivity index (χ3v) is 5.96. The summed E-state index contributed by atoms with van der Waals surface area (Å²) in [6.07, 6.45) is 2.64. The van der Waals surface area contributed by atoms with Crippen molar-refractivity contribution in [3.05, 3.63) is 77.3 Å². The molecule has 0 unspecified atom stereocenters.